The number of nitrogens with one attached hydrogen (secondary N) is 1. The highest BCUT2D eigenvalue weighted by molar-refractivity contribution is 7.80. The fourth-order valence-corrected chi connectivity index (χ4v) is 2.75. The lowest BCUT2D eigenvalue weighted by Crippen LogP contribution is -2.44. The van der Waals surface area contributed by atoms with Gasteiger partial charge in [0.1, 0.15) is 12.1 Å². The lowest BCUT2D eigenvalue weighted by atomic mass is 9.89. The Morgan fingerprint density at radius 1 is 1.44 bits per heavy atom. The standard InChI is InChI=1S/C16H17ClFN3O3S/c1-3-14(25)24-16(15(22)23-4-2,8-13-19-9-20-21-13)11-6-5-10(18)7-12(11)17/h5-7,9H,3-4,8H2,1-2H3,(H,19,20,21). The zero-order valence-corrected chi connectivity index (χ0v) is 15.3. The van der Waals surface area contributed by atoms with Crippen LogP contribution in [0.5, 0.6) is 0 Å². The molecule has 0 aliphatic heterocycles. The molecule has 1 unspecified atom stereocenters. The summed E-state index contributed by atoms with van der Waals surface area (Å²) in [5, 5.41) is 6.74. The van der Waals surface area contributed by atoms with Gasteiger partial charge in [0.25, 0.3) is 0 Å². The number of thiocarbonyl (C=S) groups is 1. The van der Waals surface area contributed by atoms with Gasteiger partial charge in [-0.05, 0) is 37.3 Å². The highest BCUT2D eigenvalue weighted by Crippen LogP contribution is 2.36. The van der Waals surface area contributed by atoms with Gasteiger partial charge in [0.2, 0.25) is 5.60 Å². The maximum Gasteiger partial charge on any atom is 0.355 e. The van der Waals surface area contributed by atoms with E-state index in [1.165, 1.54) is 18.5 Å². The lowest BCUT2D eigenvalue weighted by molar-refractivity contribution is -0.164. The van der Waals surface area contributed by atoms with Gasteiger partial charge in [-0.1, -0.05) is 18.5 Å². The van der Waals surface area contributed by atoms with Crippen molar-refractivity contribution in [2.75, 3.05) is 6.61 Å². The average molecular weight is 386 g/mol. The van der Waals surface area contributed by atoms with Crippen LogP contribution >= 0.6 is 23.8 Å². The molecule has 25 heavy (non-hydrogen) atoms. The summed E-state index contributed by atoms with van der Waals surface area (Å²) >= 11 is 11.4. The molecule has 0 fully saturated rings. The molecule has 134 valence electrons. The van der Waals surface area contributed by atoms with E-state index >= 15 is 0 Å². The summed E-state index contributed by atoms with van der Waals surface area (Å²) in [6, 6.07) is 3.66. The number of aromatic amines is 1. The third-order valence-electron chi connectivity index (χ3n) is 3.42. The monoisotopic (exact) mass is 385 g/mol. The molecule has 2 aromatic rings. The highest BCUT2D eigenvalue weighted by atomic mass is 35.5. The van der Waals surface area contributed by atoms with Crippen molar-refractivity contribution < 1.29 is 18.7 Å². The van der Waals surface area contributed by atoms with E-state index in [9.17, 15) is 9.18 Å². The first-order chi connectivity index (χ1) is 11.9. The van der Waals surface area contributed by atoms with Crippen LogP contribution in [0.3, 0.4) is 0 Å². The average Bonchev–Trinajstić information content (AvgIpc) is 3.07. The fourth-order valence-electron chi connectivity index (χ4n) is 2.28. The first-order valence-electron chi connectivity index (χ1n) is 7.62. The number of benzene rings is 1. The topological polar surface area (TPSA) is 77.1 Å². The molecule has 0 bridgehead atoms. The number of esters is 1. The highest BCUT2D eigenvalue weighted by Gasteiger charge is 2.47. The number of nitrogens with zero attached hydrogens (tertiary/aromatic N) is 2. The first kappa shape index (κ1) is 19.3. The number of aromatic nitrogens is 3. The maximum absolute atomic E-state index is 13.5. The van der Waals surface area contributed by atoms with Gasteiger partial charge in [0, 0.05) is 12.0 Å². The van der Waals surface area contributed by atoms with Gasteiger partial charge in [0.05, 0.1) is 18.1 Å². The molecule has 0 aliphatic rings. The maximum atomic E-state index is 13.5. The molecule has 1 heterocycles. The largest absolute Gasteiger partial charge is 0.464 e. The Kier molecular flexibility index (Phi) is 6.44. The number of carbonyl (C=O) groups is 1. The van der Waals surface area contributed by atoms with E-state index in [0.717, 1.165) is 6.07 Å². The molecule has 1 atom stereocenters. The number of rotatable bonds is 7. The third kappa shape index (κ3) is 4.32. The zero-order chi connectivity index (χ0) is 18.4. The molecule has 1 N–H and O–H groups in total. The van der Waals surface area contributed by atoms with Crippen molar-refractivity contribution in [1.29, 1.82) is 0 Å². The fraction of sp³-hybridized carbons (Fsp3) is 0.375. The van der Waals surface area contributed by atoms with Crippen LogP contribution in [-0.2, 0) is 26.3 Å². The SMILES string of the molecule is CCOC(=O)C(Cc1nc[nH]n1)(OC(=S)CC)c1ccc(F)cc1Cl. The molecule has 0 aliphatic carbocycles. The van der Waals surface area contributed by atoms with E-state index < -0.39 is 17.4 Å². The predicted octanol–water partition coefficient (Wildman–Crippen LogP) is 3.35. The van der Waals surface area contributed by atoms with Gasteiger partial charge in [-0.25, -0.2) is 14.2 Å². The van der Waals surface area contributed by atoms with E-state index in [4.69, 9.17) is 33.3 Å². The molecule has 0 amide bonds. The number of H-pyrrole nitrogens is 1. The quantitative estimate of drug-likeness (QED) is 0.581. The van der Waals surface area contributed by atoms with Crippen LogP contribution in [0.1, 0.15) is 31.7 Å². The van der Waals surface area contributed by atoms with Crippen LogP contribution in [0.4, 0.5) is 4.39 Å². The molecule has 0 spiro atoms. The first-order valence-corrected chi connectivity index (χ1v) is 8.40. The summed E-state index contributed by atoms with van der Waals surface area (Å²) in [6.45, 7) is 3.58. The summed E-state index contributed by atoms with van der Waals surface area (Å²) in [7, 11) is 0. The normalized spacial score (nSPS) is 13.1. The number of halogens is 2. The van der Waals surface area contributed by atoms with Crippen LogP contribution in [0.2, 0.25) is 5.02 Å². The molecule has 1 aromatic carbocycles. The van der Waals surface area contributed by atoms with E-state index in [2.05, 4.69) is 15.2 Å². The minimum atomic E-state index is -1.71. The second-order valence-electron chi connectivity index (χ2n) is 5.09. The minimum Gasteiger partial charge on any atom is -0.464 e. The smallest absolute Gasteiger partial charge is 0.355 e. The Bertz CT molecular complexity index is 757. The zero-order valence-electron chi connectivity index (χ0n) is 13.7. The van der Waals surface area contributed by atoms with Crippen molar-refractivity contribution in [2.45, 2.75) is 32.3 Å². The van der Waals surface area contributed by atoms with Crippen LogP contribution < -0.4 is 0 Å². The molecule has 6 nitrogen and oxygen atoms in total. The van der Waals surface area contributed by atoms with Gasteiger partial charge in [-0.2, -0.15) is 5.10 Å². The number of hydrogen-bond acceptors (Lipinski definition) is 6. The van der Waals surface area contributed by atoms with E-state index in [1.54, 1.807) is 13.8 Å². The van der Waals surface area contributed by atoms with Gasteiger partial charge in [0.15, 0.2) is 10.9 Å². The molecular weight excluding hydrogens is 369 g/mol. The molecule has 9 heteroatoms. The van der Waals surface area contributed by atoms with Gasteiger partial charge >= 0.3 is 5.97 Å². The van der Waals surface area contributed by atoms with E-state index in [1.807, 2.05) is 0 Å². The molecule has 0 saturated heterocycles. The summed E-state index contributed by atoms with van der Waals surface area (Å²) in [5.41, 5.74) is -1.48. The molecule has 1 aromatic heterocycles. The molecule has 0 saturated carbocycles. The summed E-state index contributed by atoms with van der Waals surface area (Å²) in [4.78, 5) is 16.9. The number of hydrogen-bond donors (Lipinski definition) is 1. The Morgan fingerprint density at radius 3 is 2.76 bits per heavy atom. The molecule has 0 radical (unpaired) electrons. The second kappa shape index (κ2) is 8.35. The Morgan fingerprint density at radius 2 is 2.20 bits per heavy atom. The van der Waals surface area contributed by atoms with Gasteiger partial charge in [-0.15, -0.1) is 0 Å². The molecule has 2 rings (SSSR count). The predicted molar refractivity (Wildman–Crippen MR) is 93.8 cm³/mol. The van der Waals surface area contributed by atoms with E-state index in [-0.39, 0.29) is 28.7 Å². The Labute approximate surface area is 154 Å². The summed E-state index contributed by atoms with van der Waals surface area (Å²) in [5.74, 6) is -0.945. The summed E-state index contributed by atoms with van der Waals surface area (Å²) < 4.78 is 24.5. The Hall–Kier alpha value is -2.06. The number of ether oxygens (including phenoxy) is 2. The van der Waals surface area contributed by atoms with Crippen molar-refractivity contribution in [2.24, 2.45) is 0 Å². The third-order valence-corrected chi connectivity index (χ3v) is 4.10. The molecular formula is C16H17ClFN3O3S. The van der Waals surface area contributed by atoms with Gasteiger partial charge < -0.3 is 9.47 Å². The van der Waals surface area contributed by atoms with E-state index in [0.29, 0.717) is 12.2 Å². The van der Waals surface area contributed by atoms with Crippen LogP contribution in [0.25, 0.3) is 0 Å². The van der Waals surface area contributed by atoms with Crippen molar-refractivity contribution in [3.63, 3.8) is 0 Å². The van der Waals surface area contributed by atoms with Crippen LogP contribution in [0, 0.1) is 5.82 Å². The summed E-state index contributed by atoms with van der Waals surface area (Å²) in [6.07, 6.45) is 1.68. The van der Waals surface area contributed by atoms with Crippen molar-refractivity contribution in [3.05, 3.63) is 46.8 Å². The van der Waals surface area contributed by atoms with Gasteiger partial charge in [-0.3, -0.25) is 5.10 Å². The lowest BCUT2D eigenvalue weighted by Gasteiger charge is -2.32. The number of carbonyl (C=O) groups excluding carboxylic acids is 1. The van der Waals surface area contributed by atoms with Crippen molar-refractivity contribution in [1.82, 2.24) is 15.2 Å². The Balaban J connectivity index is 2.63. The second-order valence-corrected chi connectivity index (χ2v) is 5.95. The van der Waals surface area contributed by atoms with Crippen molar-refractivity contribution in [3.8, 4) is 0 Å². The van der Waals surface area contributed by atoms with Crippen LogP contribution in [0.15, 0.2) is 24.5 Å². The minimum absolute atomic E-state index is 0.0162. The van der Waals surface area contributed by atoms with Crippen molar-refractivity contribution >= 4 is 34.8 Å². The van der Waals surface area contributed by atoms with Crippen LogP contribution in [-0.4, -0.2) is 32.8 Å².